The Balaban J connectivity index is 1.90. The highest BCUT2D eigenvalue weighted by Gasteiger charge is 2.21. The van der Waals surface area contributed by atoms with Crippen LogP contribution in [0, 0.1) is 0 Å². The Morgan fingerprint density at radius 2 is 2.14 bits per heavy atom. The maximum Gasteiger partial charge on any atom is 0.262 e. The van der Waals surface area contributed by atoms with Crippen molar-refractivity contribution >= 4 is 50.7 Å². The Bertz CT molecular complexity index is 779. The predicted molar refractivity (Wildman–Crippen MR) is 87.7 cm³/mol. The minimum absolute atomic E-state index is 0.0858. The van der Waals surface area contributed by atoms with Gasteiger partial charge in [0.05, 0.1) is 22.0 Å². The maximum atomic E-state index is 12.4. The number of ether oxygens (including phenoxy) is 1. The second-order valence-electron chi connectivity index (χ2n) is 4.60. The van der Waals surface area contributed by atoms with E-state index < -0.39 is 0 Å². The molecule has 112 valence electrons. The SMILES string of the molecule is O=C1COc2c(cccc2NC(=O)c2cc(Br)ccc2Cl)N1. The Hall–Kier alpha value is -2.05. The summed E-state index contributed by atoms with van der Waals surface area (Å²) in [5, 5.41) is 5.78. The van der Waals surface area contributed by atoms with E-state index >= 15 is 0 Å². The third-order valence-corrected chi connectivity index (χ3v) is 3.88. The van der Waals surface area contributed by atoms with Crippen LogP contribution in [0.4, 0.5) is 11.4 Å². The summed E-state index contributed by atoms with van der Waals surface area (Å²) in [4.78, 5) is 23.7. The van der Waals surface area contributed by atoms with E-state index in [1.807, 2.05) is 0 Å². The fraction of sp³-hybridized carbons (Fsp3) is 0.0667. The summed E-state index contributed by atoms with van der Waals surface area (Å²) in [5.41, 5.74) is 1.33. The summed E-state index contributed by atoms with van der Waals surface area (Å²) in [6, 6.07) is 10.1. The van der Waals surface area contributed by atoms with Gasteiger partial charge in [-0.2, -0.15) is 0 Å². The van der Waals surface area contributed by atoms with E-state index in [1.54, 1.807) is 36.4 Å². The lowest BCUT2D eigenvalue weighted by Crippen LogP contribution is -2.26. The van der Waals surface area contributed by atoms with Gasteiger partial charge in [0.1, 0.15) is 0 Å². The molecule has 1 aliphatic heterocycles. The van der Waals surface area contributed by atoms with Crippen molar-refractivity contribution in [2.45, 2.75) is 0 Å². The molecule has 5 nitrogen and oxygen atoms in total. The van der Waals surface area contributed by atoms with Crippen molar-refractivity contribution < 1.29 is 14.3 Å². The molecular weight excluding hydrogens is 372 g/mol. The van der Waals surface area contributed by atoms with Crippen LogP contribution >= 0.6 is 27.5 Å². The summed E-state index contributed by atoms with van der Waals surface area (Å²) in [5.74, 6) is -0.159. The quantitative estimate of drug-likeness (QED) is 0.834. The first-order valence-corrected chi connectivity index (χ1v) is 7.54. The van der Waals surface area contributed by atoms with Crippen LogP contribution in [0.5, 0.6) is 5.75 Å². The summed E-state index contributed by atoms with van der Waals surface area (Å²) in [6.07, 6.45) is 0. The van der Waals surface area contributed by atoms with Crippen molar-refractivity contribution in [1.29, 1.82) is 0 Å². The fourth-order valence-electron chi connectivity index (χ4n) is 2.07. The first kappa shape index (κ1) is 14.9. The number of fused-ring (bicyclic) bond motifs is 1. The highest BCUT2D eigenvalue weighted by atomic mass is 79.9. The molecule has 2 aromatic rings. The van der Waals surface area contributed by atoms with Gasteiger partial charge in [-0.05, 0) is 30.3 Å². The summed E-state index contributed by atoms with van der Waals surface area (Å²) >= 11 is 9.36. The van der Waals surface area contributed by atoms with Crippen molar-refractivity contribution in [2.75, 3.05) is 17.2 Å². The summed E-state index contributed by atoms with van der Waals surface area (Å²) in [6.45, 7) is -0.0858. The Labute approximate surface area is 139 Å². The predicted octanol–water partition coefficient (Wildman–Crippen LogP) is 3.69. The molecule has 7 heteroatoms. The maximum absolute atomic E-state index is 12.4. The zero-order valence-corrected chi connectivity index (χ0v) is 13.5. The second kappa shape index (κ2) is 5.98. The Morgan fingerprint density at radius 3 is 2.95 bits per heavy atom. The number of hydrogen-bond donors (Lipinski definition) is 2. The second-order valence-corrected chi connectivity index (χ2v) is 5.92. The van der Waals surface area contributed by atoms with Gasteiger partial charge in [0.15, 0.2) is 12.4 Å². The van der Waals surface area contributed by atoms with Crippen molar-refractivity contribution in [3.63, 3.8) is 0 Å². The number of amides is 2. The molecule has 3 rings (SSSR count). The average Bonchev–Trinajstić information content (AvgIpc) is 2.49. The molecule has 0 unspecified atom stereocenters. The van der Waals surface area contributed by atoms with Crippen LogP contribution < -0.4 is 15.4 Å². The van der Waals surface area contributed by atoms with E-state index in [4.69, 9.17) is 16.3 Å². The molecule has 2 amide bonds. The van der Waals surface area contributed by atoms with E-state index in [2.05, 4.69) is 26.6 Å². The molecule has 0 aliphatic carbocycles. The van der Waals surface area contributed by atoms with Gasteiger partial charge in [0, 0.05) is 4.47 Å². The van der Waals surface area contributed by atoms with Crippen molar-refractivity contribution in [1.82, 2.24) is 0 Å². The minimum atomic E-state index is -0.361. The highest BCUT2D eigenvalue weighted by molar-refractivity contribution is 9.10. The molecule has 0 saturated heterocycles. The molecule has 0 atom stereocenters. The number of para-hydroxylation sites is 1. The molecule has 2 aromatic carbocycles. The standard InChI is InChI=1S/C15H10BrClN2O3/c16-8-4-5-10(17)9(6-8)15(21)19-12-3-1-2-11-14(12)22-7-13(20)18-11/h1-6H,7H2,(H,18,20)(H,19,21). The van der Waals surface area contributed by atoms with Crippen LogP contribution in [-0.2, 0) is 4.79 Å². The number of carbonyl (C=O) groups is 2. The van der Waals surface area contributed by atoms with Crippen LogP contribution in [0.2, 0.25) is 5.02 Å². The smallest absolute Gasteiger partial charge is 0.262 e. The number of hydrogen-bond acceptors (Lipinski definition) is 3. The van der Waals surface area contributed by atoms with Gasteiger partial charge in [0.25, 0.3) is 11.8 Å². The van der Waals surface area contributed by atoms with Crippen molar-refractivity contribution in [3.8, 4) is 5.75 Å². The number of halogens is 2. The summed E-state index contributed by atoms with van der Waals surface area (Å²) < 4.78 is 6.14. The van der Waals surface area contributed by atoms with E-state index in [9.17, 15) is 9.59 Å². The Kier molecular flexibility index (Phi) is 4.04. The summed E-state index contributed by atoms with van der Waals surface area (Å²) in [7, 11) is 0. The molecule has 0 saturated carbocycles. The number of carbonyl (C=O) groups excluding carboxylic acids is 2. The molecule has 0 radical (unpaired) electrons. The Morgan fingerprint density at radius 1 is 1.32 bits per heavy atom. The van der Waals surface area contributed by atoms with Crippen LogP contribution in [0.15, 0.2) is 40.9 Å². The van der Waals surface area contributed by atoms with E-state index in [1.165, 1.54) is 0 Å². The monoisotopic (exact) mass is 380 g/mol. The topological polar surface area (TPSA) is 67.4 Å². The van der Waals surface area contributed by atoms with Gasteiger partial charge in [-0.1, -0.05) is 33.6 Å². The third-order valence-electron chi connectivity index (χ3n) is 3.06. The third kappa shape index (κ3) is 2.93. The average molecular weight is 382 g/mol. The van der Waals surface area contributed by atoms with Crippen molar-refractivity contribution in [2.24, 2.45) is 0 Å². The number of rotatable bonds is 2. The van der Waals surface area contributed by atoms with Gasteiger partial charge < -0.3 is 15.4 Å². The van der Waals surface area contributed by atoms with E-state index in [-0.39, 0.29) is 18.4 Å². The molecule has 22 heavy (non-hydrogen) atoms. The first-order chi connectivity index (χ1) is 10.5. The lowest BCUT2D eigenvalue weighted by molar-refractivity contribution is -0.118. The largest absolute Gasteiger partial charge is 0.479 e. The highest BCUT2D eigenvalue weighted by Crippen LogP contribution is 2.36. The molecule has 0 aromatic heterocycles. The lowest BCUT2D eigenvalue weighted by atomic mass is 10.2. The van der Waals surface area contributed by atoms with Crippen LogP contribution in [0.1, 0.15) is 10.4 Å². The molecule has 1 heterocycles. The number of nitrogens with one attached hydrogen (secondary N) is 2. The van der Waals surface area contributed by atoms with Gasteiger partial charge in [-0.25, -0.2) is 0 Å². The minimum Gasteiger partial charge on any atom is -0.479 e. The van der Waals surface area contributed by atoms with Crippen LogP contribution in [0.25, 0.3) is 0 Å². The fourth-order valence-corrected chi connectivity index (χ4v) is 2.64. The zero-order valence-electron chi connectivity index (χ0n) is 11.2. The zero-order chi connectivity index (χ0) is 15.7. The van der Waals surface area contributed by atoms with Gasteiger partial charge in [-0.15, -0.1) is 0 Å². The molecule has 2 N–H and O–H groups in total. The normalized spacial score (nSPS) is 12.9. The van der Waals surface area contributed by atoms with Gasteiger partial charge in [0.2, 0.25) is 0 Å². The van der Waals surface area contributed by atoms with Gasteiger partial charge >= 0.3 is 0 Å². The lowest BCUT2D eigenvalue weighted by Gasteiger charge is -2.20. The van der Waals surface area contributed by atoms with Gasteiger partial charge in [-0.3, -0.25) is 9.59 Å². The molecule has 0 bridgehead atoms. The number of benzene rings is 2. The molecule has 0 spiro atoms. The molecule has 0 fully saturated rings. The first-order valence-electron chi connectivity index (χ1n) is 6.36. The molecular formula is C15H10BrClN2O3. The van der Waals surface area contributed by atoms with Crippen LogP contribution in [0.3, 0.4) is 0 Å². The number of anilines is 2. The van der Waals surface area contributed by atoms with E-state index in [0.717, 1.165) is 4.47 Å². The van der Waals surface area contributed by atoms with E-state index in [0.29, 0.717) is 27.7 Å². The van der Waals surface area contributed by atoms with Crippen LogP contribution in [-0.4, -0.2) is 18.4 Å². The molecule has 1 aliphatic rings. The van der Waals surface area contributed by atoms with Crippen molar-refractivity contribution in [3.05, 3.63) is 51.5 Å².